The highest BCUT2D eigenvalue weighted by molar-refractivity contribution is 7.92. The second-order valence-electron chi connectivity index (χ2n) is 4.24. The Morgan fingerprint density at radius 3 is 2.35 bits per heavy atom. The molecule has 0 aliphatic rings. The van der Waals surface area contributed by atoms with Gasteiger partial charge in [-0.25, -0.2) is 8.42 Å². The van der Waals surface area contributed by atoms with Crippen LogP contribution in [0, 0.1) is 0 Å². The molecule has 0 unspecified atom stereocenters. The first-order valence-electron chi connectivity index (χ1n) is 6.16. The molecule has 0 fully saturated rings. The Kier molecular flexibility index (Phi) is 4.51. The van der Waals surface area contributed by atoms with E-state index in [1.807, 2.05) is 23.6 Å². The minimum absolute atomic E-state index is 0.0602. The average molecular weight is 311 g/mol. The van der Waals surface area contributed by atoms with Crippen LogP contribution in [-0.4, -0.2) is 14.2 Å². The molecule has 2 aromatic rings. The maximum Gasteiger partial charge on any atom is 0.232 e. The average Bonchev–Trinajstić information content (AvgIpc) is 2.83. The number of nitrogens with one attached hydrogen (secondary N) is 2. The van der Waals surface area contributed by atoms with E-state index in [0.717, 1.165) is 16.3 Å². The van der Waals surface area contributed by atoms with E-state index in [1.165, 1.54) is 0 Å². The van der Waals surface area contributed by atoms with E-state index in [9.17, 15) is 8.42 Å². The van der Waals surface area contributed by atoms with Crippen LogP contribution < -0.4 is 15.8 Å². The molecule has 108 valence electrons. The van der Waals surface area contributed by atoms with Crippen LogP contribution >= 0.6 is 11.3 Å². The van der Waals surface area contributed by atoms with Crippen molar-refractivity contribution in [3.05, 3.63) is 40.6 Å². The molecule has 0 bridgehead atoms. The third kappa shape index (κ3) is 3.88. The van der Waals surface area contributed by atoms with Gasteiger partial charge < -0.3 is 11.1 Å². The summed E-state index contributed by atoms with van der Waals surface area (Å²) >= 11 is 1.60. The summed E-state index contributed by atoms with van der Waals surface area (Å²) in [5.41, 5.74) is 8.07. The van der Waals surface area contributed by atoms with E-state index in [1.54, 1.807) is 30.4 Å². The standard InChI is InChI=1S/C13H17N3O2S2/c1-2-20(17,18)16-11-5-3-10(4-6-11)15-9-13-12(14)7-8-19-13/h3-8,15-16H,2,9,14H2,1H3. The predicted molar refractivity (Wildman–Crippen MR) is 85.6 cm³/mol. The fourth-order valence-corrected chi connectivity index (χ4v) is 2.96. The van der Waals surface area contributed by atoms with Crippen LogP contribution in [0.3, 0.4) is 0 Å². The Morgan fingerprint density at radius 1 is 1.15 bits per heavy atom. The maximum atomic E-state index is 11.4. The van der Waals surface area contributed by atoms with Crippen LogP contribution in [0.4, 0.5) is 17.1 Å². The van der Waals surface area contributed by atoms with E-state index in [4.69, 9.17) is 5.73 Å². The van der Waals surface area contributed by atoms with Crippen molar-refractivity contribution >= 4 is 38.4 Å². The molecule has 0 atom stereocenters. The van der Waals surface area contributed by atoms with E-state index in [-0.39, 0.29) is 5.75 Å². The van der Waals surface area contributed by atoms with E-state index >= 15 is 0 Å². The summed E-state index contributed by atoms with van der Waals surface area (Å²) in [5.74, 6) is 0.0602. The molecule has 0 saturated carbocycles. The quantitative estimate of drug-likeness (QED) is 0.766. The highest BCUT2D eigenvalue weighted by Crippen LogP contribution is 2.21. The summed E-state index contributed by atoms with van der Waals surface area (Å²) < 4.78 is 25.4. The summed E-state index contributed by atoms with van der Waals surface area (Å²) in [5, 5.41) is 5.20. The van der Waals surface area contributed by atoms with Crippen molar-refractivity contribution < 1.29 is 8.42 Å². The van der Waals surface area contributed by atoms with Crippen molar-refractivity contribution in [2.75, 3.05) is 21.5 Å². The van der Waals surface area contributed by atoms with Crippen molar-refractivity contribution in [3.63, 3.8) is 0 Å². The number of rotatable bonds is 6. The lowest BCUT2D eigenvalue weighted by atomic mass is 10.3. The lowest BCUT2D eigenvalue weighted by molar-refractivity contribution is 0.602. The number of sulfonamides is 1. The predicted octanol–water partition coefficient (Wildman–Crippen LogP) is 2.70. The van der Waals surface area contributed by atoms with Crippen LogP contribution in [0.15, 0.2) is 35.7 Å². The Labute approximate surface area is 122 Å². The summed E-state index contributed by atoms with van der Waals surface area (Å²) in [6.07, 6.45) is 0. The number of nitrogens with two attached hydrogens (primary N) is 1. The van der Waals surface area contributed by atoms with Gasteiger partial charge in [0, 0.05) is 21.9 Å². The van der Waals surface area contributed by atoms with Crippen molar-refractivity contribution in [1.82, 2.24) is 0 Å². The van der Waals surface area contributed by atoms with Gasteiger partial charge in [0.15, 0.2) is 0 Å². The maximum absolute atomic E-state index is 11.4. The number of anilines is 3. The molecule has 0 amide bonds. The highest BCUT2D eigenvalue weighted by atomic mass is 32.2. The highest BCUT2D eigenvalue weighted by Gasteiger charge is 2.06. The Morgan fingerprint density at radius 2 is 1.80 bits per heavy atom. The van der Waals surface area contributed by atoms with E-state index < -0.39 is 10.0 Å². The smallest absolute Gasteiger partial charge is 0.232 e. The molecule has 0 aliphatic carbocycles. The number of thiophene rings is 1. The Bertz CT molecular complexity index is 663. The topological polar surface area (TPSA) is 84.2 Å². The Hall–Kier alpha value is -1.73. The first-order chi connectivity index (χ1) is 9.50. The first-order valence-corrected chi connectivity index (χ1v) is 8.69. The fraction of sp³-hybridized carbons (Fsp3) is 0.231. The molecular formula is C13H17N3O2S2. The second kappa shape index (κ2) is 6.15. The first kappa shape index (κ1) is 14.7. The van der Waals surface area contributed by atoms with Crippen LogP contribution in [0.5, 0.6) is 0 Å². The molecule has 0 aliphatic heterocycles. The van der Waals surface area contributed by atoms with Crippen LogP contribution in [0.25, 0.3) is 0 Å². The van der Waals surface area contributed by atoms with Gasteiger partial charge in [0.1, 0.15) is 0 Å². The van der Waals surface area contributed by atoms with Gasteiger partial charge in [0.25, 0.3) is 0 Å². The van der Waals surface area contributed by atoms with Crippen molar-refractivity contribution in [1.29, 1.82) is 0 Å². The van der Waals surface area contributed by atoms with Crippen LogP contribution in [0.1, 0.15) is 11.8 Å². The molecule has 0 radical (unpaired) electrons. The molecule has 5 nitrogen and oxygen atoms in total. The second-order valence-corrected chi connectivity index (χ2v) is 7.25. The minimum Gasteiger partial charge on any atom is -0.398 e. The fourth-order valence-electron chi connectivity index (χ4n) is 1.58. The van der Waals surface area contributed by atoms with Gasteiger partial charge in [-0.15, -0.1) is 11.3 Å². The molecule has 1 heterocycles. The monoisotopic (exact) mass is 311 g/mol. The zero-order valence-electron chi connectivity index (χ0n) is 11.1. The molecule has 20 heavy (non-hydrogen) atoms. The molecule has 7 heteroatoms. The zero-order valence-corrected chi connectivity index (χ0v) is 12.7. The summed E-state index contributed by atoms with van der Waals surface area (Å²) in [6, 6.07) is 9.00. The molecule has 0 saturated heterocycles. The lowest BCUT2D eigenvalue weighted by Crippen LogP contribution is -2.14. The lowest BCUT2D eigenvalue weighted by Gasteiger charge is -2.09. The van der Waals surface area contributed by atoms with Gasteiger partial charge in [0.2, 0.25) is 10.0 Å². The van der Waals surface area contributed by atoms with Gasteiger partial charge in [0.05, 0.1) is 12.3 Å². The summed E-state index contributed by atoms with van der Waals surface area (Å²) in [6.45, 7) is 2.26. The molecule has 1 aromatic carbocycles. The third-order valence-corrected chi connectivity index (χ3v) is 5.01. The SMILES string of the molecule is CCS(=O)(=O)Nc1ccc(NCc2sccc2N)cc1. The largest absolute Gasteiger partial charge is 0.398 e. The summed E-state index contributed by atoms with van der Waals surface area (Å²) in [7, 11) is -3.22. The number of benzene rings is 1. The molecule has 0 spiro atoms. The van der Waals surface area contributed by atoms with Gasteiger partial charge in [-0.05, 0) is 42.6 Å². The van der Waals surface area contributed by atoms with Gasteiger partial charge in [-0.3, -0.25) is 4.72 Å². The van der Waals surface area contributed by atoms with Crippen LogP contribution in [0.2, 0.25) is 0 Å². The number of hydrogen-bond acceptors (Lipinski definition) is 5. The number of nitrogen functional groups attached to an aromatic ring is 1. The van der Waals surface area contributed by atoms with Crippen LogP contribution in [-0.2, 0) is 16.6 Å². The normalized spacial score (nSPS) is 11.2. The molecule has 1 aromatic heterocycles. The van der Waals surface area contributed by atoms with E-state index in [2.05, 4.69) is 10.0 Å². The molecule has 2 rings (SSSR count). The molecular weight excluding hydrogens is 294 g/mol. The van der Waals surface area contributed by atoms with Gasteiger partial charge >= 0.3 is 0 Å². The number of hydrogen-bond donors (Lipinski definition) is 3. The summed E-state index contributed by atoms with van der Waals surface area (Å²) in [4.78, 5) is 1.08. The minimum atomic E-state index is -3.22. The zero-order chi connectivity index (χ0) is 14.6. The van der Waals surface area contributed by atoms with Crippen molar-refractivity contribution in [2.24, 2.45) is 0 Å². The van der Waals surface area contributed by atoms with E-state index in [0.29, 0.717) is 12.2 Å². The third-order valence-electron chi connectivity index (χ3n) is 2.77. The van der Waals surface area contributed by atoms with Gasteiger partial charge in [-0.2, -0.15) is 0 Å². The Balaban J connectivity index is 1.97. The van der Waals surface area contributed by atoms with Crippen molar-refractivity contribution in [3.8, 4) is 0 Å². The van der Waals surface area contributed by atoms with Gasteiger partial charge in [-0.1, -0.05) is 0 Å². The van der Waals surface area contributed by atoms with Crippen molar-refractivity contribution in [2.45, 2.75) is 13.5 Å². The molecule has 4 N–H and O–H groups in total.